The number of rotatable bonds is 2. The second-order valence-electron chi connectivity index (χ2n) is 5.82. The summed E-state index contributed by atoms with van der Waals surface area (Å²) in [6.45, 7) is 2.76. The Bertz CT molecular complexity index is 445. The average Bonchev–Trinajstić information content (AvgIpc) is 2.82. The molecule has 0 aromatic heterocycles. The molecule has 0 bridgehead atoms. The number of nitrogens with one attached hydrogen (secondary N) is 1. The van der Waals surface area contributed by atoms with Crippen LogP contribution in [0, 0.1) is 5.92 Å². The maximum absolute atomic E-state index is 12.3. The van der Waals surface area contributed by atoms with Gasteiger partial charge in [0.2, 0.25) is 5.91 Å². The molecular weight excluding hydrogens is 236 g/mol. The minimum Gasteiger partial charge on any atom is -0.319 e. The van der Waals surface area contributed by atoms with Crippen molar-refractivity contribution in [2.45, 2.75) is 44.8 Å². The van der Waals surface area contributed by atoms with Gasteiger partial charge >= 0.3 is 0 Å². The Morgan fingerprint density at radius 2 is 1.89 bits per heavy atom. The summed E-state index contributed by atoms with van der Waals surface area (Å²) in [5, 5.41) is 3.37. The molecule has 3 atom stereocenters. The van der Waals surface area contributed by atoms with Crippen molar-refractivity contribution in [1.82, 2.24) is 10.2 Å². The van der Waals surface area contributed by atoms with E-state index >= 15 is 0 Å². The molecule has 1 saturated heterocycles. The number of benzene rings is 1. The number of carbonyl (C=O) groups excluding carboxylic acids is 1. The van der Waals surface area contributed by atoms with E-state index in [1.165, 1.54) is 24.8 Å². The van der Waals surface area contributed by atoms with E-state index in [0.29, 0.717) is 18.5 Å². The maximum atomic E-state index is 12.3. The van der Waals surface area contributed by atoms with Crippen LogP contribution in [0.3, 0.4) is 0 Å². The summed E-state index contributed by atoms with van der Waals surface area (Å²) in [6.07, 6.45) is 5.02. The number of amides is 1. The number of nitrogens with zero attached hydrogens (tertiary/aromatic N) is 1. The normalized spacial score (nSPS) is 31.7. The van der Waals surface area contributed by atoms with E-state index < -0.39 is 0 Å². The van der Waals surface area contributed by atoms with E-state index in [1.54, 1.807) is 0 Å². The first-order valence-corrected chi connectivity index (χ1v) is 7.37. The Balaban J connectivity index is 1.86. The van der Waals surface area contributed by atoms with Crippen molar-refractivity contribution in [2.75, 3.05) is 6.54 Å². The molecule has 2 fully saturated rings. The summed E-state index contributed by atoms with van der Waals surface area (Å²) < 4.78 is 0. The van der Waals surface area contributed by atoms with Gasteiger partial charge in [-0.05, 0) is 24.3 Å². The van der Waals surface area contributed by atoms with Gasteiger partial charge in [0.15, 0.2) is 0 Å². The Morgan fingerprint density at radius 3 is 2.63 bits per heavy atom. The lowest BCUT2D eigenvalue weighted by molar-refractivity contribution is -0.132. The summed E-state index contributed by atoms with van der Waals surface area (Å²) in [7, 11) is 0. The topological polar surface area (TPSA) is 32.3 Å². The number of hydrogen-bond acceptors (Lipinski definition) is 2. The van der Waals surface area contributed by atoms with Gasteiger partial charge in [0.05, 0.1) is 6.54 Å². The van der Waals surface area contributed by atoms with Crippen LogP contribution in [0.15, 0.2) is 30.3 Å². The third-order valence-corrected chi connectivity index (χ3v) is 4.55. The van der Waals surface area contributed by atoms with E-state index in [0.717, 1.165) is 6.42 Å². The van der Waals surface area contributed by atoms with E-state index in [2.05, 4.69) is 29.3 Å². The Hall–Kier alpha value is -1.35. The third kappa shape index (κ3) is 2.39. The van der Waals surface area contributed by atoms with Gasteiger partial charge < -0.3 is 4.90 Å². The van der Waals surface area contributed by atoms with Gasteiger partial charge in [0.25, 0.3) is 0 Å². The minimum atomic E-state index is 0.0687. The zero-order valence-corrected chi connectivity index (χ0v) is 11.5. The highest BCUT2D eigenvalue weighted by molar-refractivity contribution is 5.81. The Labute approximate surface area is 115 Å². The van der Waals surface area contributed by atoms with Crippen molar-refractivity contribution in [3.05, 3.63) is 35.9 Å². The number of hydrogen-bond donors (Lipinski definition) is 1. The molecule has 19 heavy (non-hydrogen) atoms. The number of carbonyl (C=O) groups is 1. The van der Waals surface area contributed by atoms with Crippen LogP contribution < -0.4 is 5.32 Å². The SMILES string of the molecule is CC1CCCCC1N1C(=O)CNC1c1ccccc1. The molecule has 3 rings (SSSR count). The van der Waals surface area contributed by atoms with E-state index in [9.17, 15) is 4.79 Å². The molecule has 3 heteroatoms. The van der Waals surface area contributed by atoms with Crippen LogP contribution in [0.25, 0.3) is 0 Å². The Morgan fingerprint density at radius 1 is 1.16 bits per heavy atom. The van der Waals surface area contributed by atoms with Crippen LogP contribution in [-0.2, 0) is 4.79 Å². The molecular formula is C16H22N2O. The highest BCUT2D eigenvalue weighted by atomic mass is 16.2. The maximum Gasteiger partial charge on any atom is 0.238 e. The van der Waals surface area contributed by atoms with E-state index in [-0.39, 0.29) is 12.1 Å². The lowest BCUT2D eigenvalue weighted by Gasteiger charge is -2.39. The molecule has 0 spiro atoms. The lowest BCUT2D eigenvalue weighted by Crippen LogP contribution is -2.44. The summed E-state index contributed by atoms with van der Waals surface area (Å²) in [5.74, 6) is 0.872. The smallest absolute Gasteiger partial charge is 0.238 e. The molecule has 1 N–H and O–H groups in total. The van der Waals surface area contributed by atoms with Crippen LogP contribution in [0.1, 0.15) is 44.3 Å². The van der Waals surface area contributed by atoms with Crippen molar-refractivity contribution < 1.29 is 4.79 Å². The summed E-state index contributed by atoms with van der Waals surface area (Å²) in [5.41, 5.74) is 1.20. The standard InChI is InChI=1S/C16H22N2O/c1-12-7-5-6-10-14(12)18-15(19)11-17-16(18)13-8-3-2-4-9-13/h2-4,8-9,12,14,16-17H,5-7,10-11H2,1H3. The fourth-order valence-electron chi connectivity index (χ4n) is 3.52. The van der Waals surface area contributed by atoms with Gasteiger partial charge in [-0.3, -0.25) is 10.1 Å². The second kappa shape index (κ2) is 5.33. The molecule has 3 unspecified atom stereocenters. The molecule has 1 aliphatic carbocycles. The first kappa shape index (κ1) is 12.7. The monoisotopic (exact) mass is 258 g/mol. The largest absolute Gasteiger partial charge is 0.319 e. The van der Waals surface area contributed by atoms with Gasteiger partial charge in [-0.2, -0.15) is 0 Å². The quantitative estimate of drug-likeness (QED) is 0.884. The van der Waals surface area contributed by atoms with Gasteiger partial charge in [-0.1, -0.05) is 50.1 Å². The molecule has 2 aliphatic rings. The summed E-state index contributed by atoms with van der Waals surface area (Å²) >= 11 is 0. The van der Waals surface area contributed by atoms with Crippen LogP contribution in [0.4, 0.5) is 0 Å². The Kier molecular flexibility index (Phi) is 3.56. The zero-order valence-electron chi connectivity index (χ0n) is 11.5. The van der Waals surface area contributed by atoms with Gasteiger partial charge in [0.1, 0.15) is 6.17 Å². The van der Waals surface area contributed by atoms with Gasteiger partial charge in [-0.15, -0.1) is 0 Å². The molecule has 0 radical (unpaired) electrons. The summed E-state index contributed by atoms with van der Waals surface area (Å²) in [6, 6.07) is 10.7. The minimum absolute atomic E-state index is 0.0687. The van der Waals surface area contributed by atoms with Crippen LogP contribution >= 0.6 is 0 Å². The average molecular weight is 258 g/mol. The molecule has 1 heterocycles. The fourth-order valence-corrected chi connectivity index (χ4v) is 3.52. The lowest BCUT2D eigenvalue weighted by atomic mass is 9.84. The second-order valence-corrected chi connectivity index (χ2v) is 5.82. The molecule has 102 valence electrons. The first-order chi connectivity index (χ1) is 9.27. The van der Waals surface area contributed by atoms with Crippen molar-refractivity contribution in [3.63, 3.8) is 0 Å². The molecule has 1 amide bonds. The molecule has 1 aromatic rings. The fraction of sp³-hybridized carbons (Fsp3) is 0.562. The van der Waals surface area contributed by atoms with Gasteiger partial charge in [0, 0.05) is 6.04 Å². The highest BCUT2D eigenvalue weighted by Crippen LogP contribution is 2.34. The van der Waals surface area contributed by atoms with Crippen LogP contribution in [0.5, 0.6) is 0 Å². The predicted molar refractivity (Wildman–Crippen MR) is 75.5 cm³/mol. The van der Waals surface area contributed by atoms with E-state index in [1.807, 2.05) is 18.2 Å². The van der Waals surface area contributed by atoms with Crippen molar-refractivity contribution >= 4 is 5.91 Å². The first-order valence-electron chi connectivity index (χ1n) is 7.37. The molecule has 1 aliphatic heterocycles. The summed E-state index contributed by atoms with van der Waals surface area (Å²) in [4.78, 5) is 14.4. The molecule has 1 saturated carbocycles. The molecule has 3 nitrogen and oxygen atoms in total. The predicted octanol–water partition coefficient (Wildman–Crippen LogP) is 2.70. The third-order valence-electron chi connectivity index (χ3n) is 4.55. The molecule has 1 aromatic carbocycles. The van der Waals surface area contributed by atoms with Crippen LogP contribution in [0.2, 0.25) is 0 Å². The van der Waals surface area contributed by atoms with Crippen molar-refractivity contribution in [3.8, 4) is 0 Å². The van der Waals surface area contributed by atoms with Gasteiger partial charge in [-0.25, -0.2) is 0 Å². The van der Waals surface area contributed by atoms with Crippen molar-refractivity contribution in [1.29, 1.82) is 0 Å². The highest BCUT2D eigenvalue weighted by Gasteiger charge is 2.39. The van der Waals surface area contributed by atoms with Crippen molar-refractivity contribution in [2.24, 2.45) is 5.92 Å². The zero-order chi connectivity index (χ0) is 13.2. The van der Waals surface area contributed by atoms with E-state index in [4.69, 9.17) is 0 Å². The van der Waals surface area contributed by atoms with Crippen LogP contribution in [-0.4, -0.2) is 23.4 Å².